The van der Waals surface area contributed by atoms with Gasteiger partial charge in [0.2, 0.25) is 0 Å². The first-order valence-corrected chi connectivity index (χ1v) is 2.07. The first-order valence-electron chi connectivity index (χ1n) is 2.07. The molecule has 0 unspecified atom stereocenters. The molecule has 0 aliphatic rings. The Bertz CT molecular complexity index is 50.0. The van der Waals surface area contributed by atoms with Crippen molar-refractivity contribution in [3.8, 4) is 0 Å². The first kappa shape index (κ1) is 29.2. The van der Waals surface area contributed by atoms with Crippen molar-refractivity contribution in [2.75, 3.05) is 0 Å². The Morgan fingerprint density at radius 3 is 0.500 bits per heavy atom. The Morgan fingerprint density at radius 1 is 0.500 bits per heavy atom. The second-order valence-corrected chi connectivity index (χ2v) is 0.823. The van der Waals surface area contributed by atoms with Crippen LogP contribution in [0.15, 0.2) is 0 Å². The number of hydrogen-bond donors (Lipinski definition) is 0. The van der Waals surface area contributed by atoms with E-state index in [-0.39, 0.29) is 16.8 Å². The van der Waals surface area contributed by atoms with Crippen molar-refractivity contribution in [1.82, 2.24) is 0 Å². The summed E-state index contributed by atoms with van der Waals surface area (Å²) < 4.78 is 29.7. The average Bonchev–Trinajstić information content (AvgIpc) is 1.54. The van der Waals surface area contributed by atoms with E-state index in [0.717, 1.165) is 0 Å². The van der Waals surface area contributed by atoms with Crippen LogP contribution in [-0.2, 0) is 0 Å². The SMILES string of the molecule is [B+3].[B+3].[O-]B([O-])F.[O-]B([O-])F.[O-]B([O-])F. The van der Waals surface area contributed by atoms with Crippen LogP contribution in [0.3, 0.4) is 0 Å². The van der Waals surface area contributed by atoms with E-state index in [9.17, 15) is 12.9 Å². The van der Waals surface area contributed by atoms with Crippen LogP contribution in [0, 0.1) is 0 Å². The van der Waals surface area contributed by atoms with E-state index in [1.807, 2.05) is 0 Å². The van der Waals surface area contributed by atoms with E-state index in [2.05, 4.69) is 0 Å². The normalized spacial score (nSPS) is 5.79. The van der Waals surface area contributed by atoms with Crippen LogP contribution in [-0.4, -0.2) is 39.0 Å². The Labute approximate surface area is 83.1 Å². The molecular formula is B5F3O6. The van der Waals surface area contributed by atoms with Crippen molar-refractivity contribution in [2.45, 2.75) is 0 Å². The van der Waals surface area contributed by atoms with Crippen molar-refractivity contribution in [1.29, 1.82) is 0 Å². The molecule has 0 aliphatic heterocycles. The Hall–Kier alpha value is -0.125. The van der Waals surface area contributed by atoms with Gasteiger partial charge >= 0.3 is 16.8 Å². The van der Waals surface area contributed by atoms with Gasteiger partial charge in [0.25, 0.3) is 0 Å². The van der Waals surface area contributed by atoms with Crippen LogP contribution in [0.1, 0.15) is 0 Å². The van der Waals surface area contributed by atoms with Crippen molar-refractivity contribution in [3.05, 3.63) is 0 Å². The van der Waals surface area contributed by atoms with E-state index in [1.165, 1.54) is 0 Å². The number of halogens is 3. The molecule has 0 aromatic heterocycles. The van der Waals surface area contributed by atoms with Gasteiger partial charge in [-0.2, -0.15) is 0 Å². The fourth-order valence-electron chi connectivity index (χ4n) is 0. The molecule has 0 N–H and O–H groups in total. The monoisotopic (exact) mass is 208 g/mol. The molecule has 14 heavy (non-hydrogen) atoms. The summed E-state index contributed by atoms with van der Waals surface area (Å²) in [5.41, 5.74) is 0. The summed E-state index contributed by atoms with van der Waals surface area (Å²) >= 11 is 0. The van der Waals surface area contributed by atoms with Crippen LogP contribution < -0.4 is 30.1 Å². The second kappa shape index (κ2) is 23.1. The van der Waals surface area contributed by atoms with Crippen molar-refractivity contribution in [3.63, 3.8) is 0 Å². The molecule has 0 bridgehead atoms. The van der Waals surface area contributed by atoms with Crippen LogP contribution in [0.25, 0.3) is 0 Å². The minimum atomic E-state index is -3.17. The third-order valence-electron chi connectivity index (χ3n) is 0. The summed E-state index contributed by atoms with van der Waals surface area (Å²) in [6.45, 7) is 0. The van der Waals surface area contributed by atoms with Gasteiger partial charge in [-0.1, -0.05) is 0 Å². The summed E-state index contributed by atoms with van der Waals surface area (Å²) in [6, 6.07) is 0. The zero-order chi connectivity index (χ0) is 10.7. The Balaban J connectivity index is -0.0000000270. The second-order valence-electron chi connectivity index (χ2n) is 0.823. The third kappa shape index (κ3) is 89400. The van der Waals surface area contributed by atoms with Crippen LogP contribution in [0.5, 0.6) is 0 Å². The van der Waals surface area contributed by atoms with Crippen LogP contribution >= 0.6 is 0 Å². The summed E-state index contributed by atoms with van der Waals surface area (Å²) in [4.78, 5) is 0. The molecule has 0 heterocycles. The Morgan fingerprint density at radius 2 is 0.500 bits per heavy atom. The predicted molar refractivity (Wildman–Crippen MR) is 32.1 cm³/mol. The quantitative estimate of drug-likeness (QED) is 0.361. The standard InChI is InChI=1S/3BFO2.2B/c3*2-1(3)4;;/q3*-2;2*+3. The topological polar surface area (TPSA) is 138 Å². The van der Waals surface area contributed by atoms with E-state index >= 15 is 0 Å². The average molecular weight is 207 g/mol. The molecule has 0 spiro atoms. The van der Waals surface area contributed by atoms with Gasteiger partial charge in [-0.25, -0.2) is 0 Å². The smallest absolute Gasteiger partial charge is 0.867 e. The van der Waals surface area contributed by atoms with Gasteiger partial charge in [-0.05, 0) is 0 Å². The van der Waals surface area contributed by atoms with Gasteiger partial charge < -0.3 is 43.1 Å². The summed E-state index contributed by atoms with van der Waals surface area (Å²) in [7, 11) is -9.50. The van der Waals surface area contributed by atoms with Crippen molar-refractivity contribution in [2.24, 2.45) is 0 Å². The van der Waals surface area contributed by atoms with Crippen LogP contribution in [0.4, 0.5) is 12.9 Å². The fraction of sp³-hybridized carbons (Fsp3) is 0. The molecule has 0 rings (SSSR count). The van der Waals surface area contributed by atoms with Gasteiger partial charge in [-0.3, -0.25) is 0 Å². The molecule has 0 saturated heterocycles. The molecule has 72 valence electrons. The summed E-state index contributed by atoms with van der Waals surface area (Å²) in [5, 5.41) is 49.8. The van der Waals surface area contributed by atoms with Gasteiger partial charge in [0.1, 0.15) is 22.2 Å². The first-order chi connectivity index (χ1) is 5.20. The van der Waals surface area contributed by atoms with E-state index in [0.29, 0.717) is 0 Å². The van der Waals surface area contributed by atoms with E-state index in [4.69, 9.17) is 30.1 Å². The molecule has 0 atom stereocenters. The van der Waals surface area contributed by atoms with E-state index < -0.39 is 22.2 Å². The maximum absolute atomic E-state index is 9.89. The summed E-state index contributed by atoms with van der Waals surface area (Å²) in [6.07, 6.45) is 0. The van der Waals surface area contributed by atoms with Gasteiger partial charge in [0, 0.05) is 0 Å². The molecule has 0 amide bonds. The molecule has 0 aromatic carbocycles. The van der Waals surface area contributed by atoms with Crippen molar-refractivity contribution >= 4 is 39.0 Å². The minimum absolute atomic E-state index is 0. The molecule has 0 aromatic rings. The zero-order valence-electron chi connectivity index (χ0n) is 6.47. The summed E-state index contributed by atoms with van der Waals surface area (Å²) in [5.74, 6) is 0. The third-order valence-corrected chi connectivity index (χ3v) is 0. The maximum Gasteiger partial charge on any atom is 3.00 e. The molecule has 6 nitrogen and oxygen atoms in total. The van der Waals surface area contributed by atoms with Gasteiger partial charge in [0.05, 0.1) is 0 Å². The fourth-order valence-corrected chi connectivity index (χ4v) is 0. The zero-order valence-corrected chi connectivity index (χ0v) is 6.47. The Kier molecular flexibility index (Phi) is 48.1. The molecule has 0 aliphatic carbocycles. The largest absolute Gasteiger partial charge is 3.00 e. The van der Waals surface area contributed by atoms with Gasteiger partial charge in [-0.15, -0.1) is 0 Å². The maximum atomic E-state index is 9.89. The van der Waals surface area contributed by atoms with Gasteiger partial charge in [0.15, 0.2) is 0 Å². The molecular weight excluding hydrogens is 207 g/mol. The molecule has 14 heteroatoms. The minimum Gasteiger partial charge on any atom is -0.867 e. The van der Waals surface area contributed by atoms with E-state index in [1.54, 1.807) is 0 Å². The predicted octanol–water partition coefficient (Wildman–Crippen LogP) is -7.78. The molecule has 0 radical (unpaired) electrons. The molecule has 0 fully saturated rings. The van der Waals surface area contributed by atoms with Crippen molar-refractivity contribution < 1.29 is 43.1 Å². The number of hydrogen-bond acceptors (Lipinski definition) is 6. The molecule has 0 saturated carbocycles. The van der Waals surface area contributed by atoms with Crippen LogP contribution in [0.2, 0.25) is 0 Å². The number of rotatable bonds is 0.